The Morgan fingerprint density at radius 3 is 2.22 bits per heavy atom. The molecule has 0 radical (unpaired) electrons. The number of esters is 2. The third-order valence-electron chi connectivity index (χ3n) is 3.05. The lowest BCUT2D eigenvalue weighted by Gasteiger charge is -2.33. The van der Waals surface area contributed by atoms with Gasteiger partial charge in [-0.25, -0.2) is 0 Å². The molecular formula is C12H20O6. The molecule has 6 heteroatoms. The van der Waals surface area contributed by atoms with Crippen LogP contribution >= 0.6 is 0 Å². The number of methoxy groups -OCH3 is 2. The fourth-order valence-corrected chi connectivity index (χ4v) is 2.21. The summed E-state index contributed by atoms with van der Waals surface area (Å²) in [5, 5.41) is 0. The molecule has 18 heavy (non-hydrogen) atoms. The van der Waals surface area contributed by atoms with Gasteiger partial charge < -0.3 is 18.9 Å². The summed E-state index contributed by atoms with van der Waals surface area (Å²) in [6, 6.07) is 0. The summed E-state index contributed by atoms with van der Waals surface area (Å²) in [5.41, 5.74) is -1.03. The van der Waals surface area contributed by atoms with Crippen molar-refractivity contribution in [1.29, 1.82) is 0 Å². The summed E-state index contributed by atoms with van der Waals surface area (Å²) in [6.07, 6.45) is 0.167. The first kappa shape index (κ1) is 14.9. The Balaban J connectivity index is 2.83. The zero-order chi connectivity index (χ0) is 13.8. The van der Waals surface area contributed by atoms with Crippen molar-refractivity contribution >= 4 is 11.9 Å². The van der Waals surface area contributed by atoms with Gasteiger partial charge >= 0.3 is 11.9 Å². The maximum Gasteiger partial charge on any atom is 0.312 e. The van der Waals surface area contributed by atoms with Crippen molar-refractivity contribution in [2.24, 2.45) is 5.41 Å². The highest BCUT2D eigenvalue weighted by Crippen LogP contribution is 2.37. The van der Waals surface area contributed by atoms with Gasteiger partial charge in [-0.3, -0.25) is 9.59 Å². The van der Waals surface area contributed by atoms with Gasteiger partial charge in [0.2, 0.25) is 0 Å². The normalized spacial score (nSPS) is 21.1. The van der Waals surface area contributed by atoms with E-state index in [1.807, 2.05) is 0 Å². The topological polar surface area (TPSA) is 71.1 Å². The van der Waals surface area contributed by atoms with E-state index in [9.17, 15) is 9.59 Å². The molecule has 0 spiro atoms. The molecule has 1 aliphatic rings. The molecule has 0 aliphatic carbocycles. The zero-order valence-electron chi connectivity index (χ0n) is 11.3. The van der Waals surface area contributed by atoms with E-state index in [-0.39, 0.29) is 12.8 Å². The molecule has 1 fully saturated rings. The van der Waals surface area contributed by atoms with Crippen molar-refractivity contribution in [3.63, 3.8) is 0 Å². The van der Waals surface area contributed by atoms with E-state index in [4.69, 9.17) is 14.2 Å². The van der Waals surface area contributed by atoms with Crippen LogP contribution in [0.5, 0.6) is 0 Å². The minimum absolute atomic E-state index is 0.0709. The quantitative estimate of drug-likeness (QED) is 0.683. The molecule has 6 nitrogen and oxygen atoms in total. The number of carbonyl (C=O) groups is 2. The van der Waals surface area contributed by atoms with Gasteiger partial charge in [0.05, 0.1) is 39.3 Å². The molecule has 0 aromatic carbocycles. The van der Waals surface area contributed by atoms with Crippen LogP contribution in [-0.4, -0.2) is 45.2 Å². The summed E-state index contributed by atoms with van der Waals surface area (Å²) in [5.74, 6) is -1.81. The van der Waals surface area contributed by atoms with Gasteiger partial charge in [0.15, 0.2) is 5.79 Å². The summed E-state index contributed by atoms with van der Waals surface area (Å²) in [7, 11) is 2.57. The van der Waals surface area contributed by atoms with E-state index in [1.165, 1.54) is 14.2 Å². The number of ether oxygens (including phenoxy) is 4. The van der Waals surface area contributed by atoms with E-state index >= 15 is 0 Å². The fourth-order valence-electron chi connectivity index (χ4n) is 2.21. The molecule has 0 saturated carbocycles. The monoisotopic (exact) mass is 260 g/mol. The molecule has 1 atom stereocenters. The van der Waals surface area contributed by atoms with Gasteiger partial charge in [0, 0.05) is 6.42 Å². The fraction of sp³-hybridized carbons (Fsp3) is 0.833. The van der Waals surface area contributed by atoms with Crippen molar-refractivity contribution in [2.75, 3.05) is 27.4 Å². The molecule has 0 amide bonds. The smallest absolute Gasteiger partial charge is 0.312 e. The Morgan fingerprint density at radius 2 is 1.78 bits per heavy atom. The second-order valence-electron chi connectivity index (χ2n) is 4.81. The predicted molar refractivity (Wildman–Crippen MR) is 61.7 cm³/mol. The summed E-state index contributed by atoms with van der Waals surface area (Å²) < 4.78 is 20.3. The van der Waals surface area contributed by atoms with E-state index < -0.39 is 23.1 Å². The minimum Gasteiger partial charge on any atom is -0.469 e. The van der Waals surface area contributed by atoms with Gasteiger partial charge in [0.1, 0.15) is 0 Å². The van der Waals surface area contributed by atoms with Crippen molar-refractivity contribution in [2.45, 2.75) is 32.5 Å². The van der Waals surface area contributed by atoms with Crippen LogP contribution in [-0.2, 0) is 28.5 Å². The number of hydrogen-bond donors (Lipinski definition) is 0. The van der Waals surface area contributed by atoms with Crippen LogP contribution in [0.1, 0.15) is 26.7 Å². The summed E-state index contributed by atoms with van der Waals surface area (Å²) >= 11 is 0. The number of rotatable bonds is 5. The maximum absolute atomic E-state index is 11.9. The molecule has 104 valence electrons. The number of carbonyl (C=O) groups excluding carboxylic acids is 2. The zero-order valence-corrected chi connectivity index (χ0v) is 11.3. The summed E-state index contributed by atoms with van der Waals surface area (Å²) in [4.78, 5) is 23.3. The molecule has 1 aliphatic heterocycles. The van der Waals surface area contributed by atoms with E-state index in [2.05, 4.69) is 4.74 Å². The molecule has 0 aromatic heterocycles. The minimum atomic E-state index is -1.03. The van der Waals surface area contributed by atoms with Crippen molar-refractivity contribution in [1.82, 2.24) is 0 Å². The Morgan fingerprint density at radius 1 is 1.22 bits per heavy atom. The largest absolute Gasteiger partial charge is 0.469 e. The average molecular weight is 260 g/mol. The standard InChI is InChI=1S/C12H20O6/c1-11(10(14)16-4,7-9(13)15-3)8-12(2)17-5-6-18-12/h5-8H2,1-4H3. The lowest BCUT2D eigenvalue weighted by atomic mass is 9.80. The van der Waals surface area contributed by atoms with Crippen LogP contribution in [0.25, 0.3) is 0 Å². The van der Waals surface area contributed by atoms with Crippen LogP contribution in [0.4, 0.5) is 0 Å². The molecule has 1 heterocycles. The van der Waals surface area contributed by atoms with Crippen molar-refractivity contribution in [3.8, 4) is 0 Å². The first-order chi connectivity index (χ1) is 8.35. The molecule has 1 rings (SSSR count). The van der Waals surface area contributed by atoms with E-state index in [0.29, 0.717) is 13.2 Å². The van der Waals surface area contributed by atoms with E-state index in [0.717, 1.165) is 0 Å². The molecule has 0 aromatic rings. The van der Waals surface area contributed by atoms with Gasteiger partial charge in [0.25, 0.3) is 0 Å². The third-order valence-corrected chi connectivity index (χ3v) is 3.05. The highest BCUT2D eigenvalue weighted by molar-refractivity contribution is 5.83. The molecule has 1 saturated heterocycles. The number of hydrogen-bond acceptors (Lipinski definition) is 6. The predicted octanol–water partition coefficient (Wildman–Crippen LogP) is 0.882. The van der Waals surface area contributed by atoms with Gasteiger partial charge in [-0.1, -0.05) is 0 Å². The van der Waals surface area contributed by atoms with Crippen LogP contribution in [0.15, 0.2) is 0 Å². The SMILES string of the molecule is COC(=O)CC(C)(CC1(C)OCCO1)C(=O)OC. The van der Waals surface area contributed by atoms with Gasteiger partial charge in [-0.05, 0) is 13.8 Å². The van der Waals surface area contributed by atoms with E-state index in [1.54, 1.807) is 13.8 Å². The summed E-state index contributed by atoms with van der Waals surface area (Å²) in [6.45, 7) is 4.35. The lowest BCUT2D eigenvalue weighted by molar-refractivity contribution is -0.185. The Bertz CT molecular complexity index is 321. The Labute approximate surface area is 107 Å². The van der Waals surface area contributed by atoms with Crippen LogP contribution in [0.2, 0.25) is 0 Å². The first-order valence-corrected chi connectivity index (χ1v) is 5.78. The average Bonchev–Trinajstić information content (AvgIpc) is 2.73. The van der Waals surface area contributed by atoms with Crippen LogP contribution < -0.4 is 0 Å². The Hall–Kier alpha value is -1.14. The highest BCUT2D eigenvalue weighted by atomic mass is 16.7. The first-order valence-electron chi connectivity index (χ1n) is 5.78. The molecule has 1 unspecified atom stereocenters. The van der Waals surface area contributed by atoms with Gasteiger partial charge in [-0.2, -0.15) is 0 Å². The second-order valence-corrected chi connectivity index (χ2v) is 4.81. The maximum atomic E-state index is 11.9. The van der Waals surface area contributed by atoms with Crippen molar-refractivity contribution in [3.05, 3.63) is 0 Å². The van der Waals surface area contributed by atoms with Crippen molar-refractivity contribution < 1.29 is 28.5 Å². The van der Waals surface area contributed by atoms with Crippen LogP contribution in [0, 0.1) is 5.41 Å². The Kier molecular flexibility index (Phi) is 4.70. The molecule has 0 N–H and O–H groups in total. The lowest BCUT2D eigenvalue weighted by Crippen LogP contribution is -2.41. The highest BCUT2D eigenvalue weighted by Gasteiger charge is 2.46. The van der Waals surface area contributed by atoms with Crippen LogP contribution in [0.3, 0.4) is 0 Å². The van der Waals surface area contributed by atoms with Gasteiger partial charge in [-0.15, -0.1) is 0 Å². The molecular weight excluding hydrogens is 240 g/mol. The second kappa shape index (κ2) is 5.67. The third kappa shape index (κ3) is 3.43. The molecule has 0 bridgehead atoms.